The average molecular weight is 545 g/mol. The number of nitrogens with zero attached hydrogens (tertiary/aromatic N) is 5. The predicted molar refractivity (Wildman–Crippen MR) is 156 cm³/mol. The molecule has 40 heavy (non-hydrogen) atoms. The molecule has 2 unspecified atom stereocenters. The first kappa shape index (κ1) is 28.0. The van der Waals surface area contributed by atoms with E-state index in [9.17, 15) is 4.79 Å². The Morgan fingerprint density at radius 1 is 1.12 bits per heavy atom. The zero-order valence-electron chi connectivity index (χ0n) is 24.2. The van der Waals surface area contributed by atoms with Gasteiger partial charge in [0.2, 0.25) is 0 Å². The largest absolute Gasteiger partial charge is 0.494 e. The van der Waals surface area contributed by atoms with Crippen LogP contribution in [0.3, 0.4) is 0 Å². The molecular weight excluding hydrogens is 504 g/mol. The van der Waals surface area contributed by atoms with Crippen LogP contribution < -0.4 is 10.3 Å². The fraction of sp³-hybridized carbons (Fsp3) is 0.484. The maximum Gasteiger partial charge on any atom is 0.253 e. The SMILES string of the molecule is CCOc1ccc(CN(CC2CCCO2)C(c2cc3cc(CC)ccc3[nH]c2=O)c2nnnn2C(C)(C)C)cc1. The summed E-state index contributed by atoms with van der Waals surface area (Å²) in [7, 11) is 0. The molecule has 0 aliphatic carbocycles. The predicted octanol–water partition coefficient (Wildman–Crippen LogP) is 5.00. The number of H-pyrrole nitrogens is 1. The van der Waals surface area contributed by atoms with E-state index in [-0.39, 0.29) is 17.2 Å². The van der Waals surface area contributed by atoms with Gasteiger partial charge in [-0.15, -0.1) is 5.10 Å². The zero-order valence-corrected chi connectivity index (χ0v) is 24.2. The van der Waals surface area contributed by atoms with Gasteiger partial charge in [-0.2, -0.15) is 0 Å². The van der Waals surface area contributed by atoms with Gasteiger partial charge < -0.3 is 14.5 Å². The van der Waals surface area contributed by atoms with Crippen molar-refractivity contribution in [2.24, 2.45) is 0 Å². The van der Waals surface area contributed by atoms with Gasteiger partial charge >= 0.3 is 0 Å². The molecule has 0 bridgehead atoms. The Hall–Kier alpha value is -3.56. The highest BCUT2D eigenvalue weighted by molar-refractivity contribution is 5.80. The molecule has 0 saturated carbocycles. The molecule has 2 aromatic carbocycles. The van der Waals surface area contributed by atoms with Gasteiger partial charge in [0.15, 0.2) is 5.82 Å². The quantitative estimate of drug-likeness (QED) is 0.300. The van der Waals surface area contributed by atoms with Crippen molar-refractivity contribution in [3.8, 4) is 5.75 Å². The molecule has 1 fully saturated rings. The Balaban J connectivity index is 1.66. The minimum Gasteiger partial charge on any atom is -0.494 e. The van der Waals surface area contributed by atoms with Crippen LogP contribution in [0.1, 0.15) is 76.0 Å². The monoisotopic (exact) mass is 544 g/mol. The summed E-state index contributed by atoms with van der Waals surface area (Å²) < 4.78 is 13.6. The number of nitrogens with one attached hydrogen (secondary N) is 1. The molecule has 9 nitrogen and oxygen atoms in total. The molecule has 1 N–H and O–H groups in total. The van der Waals surface area contributed by atoms with Gasteiger partial charge in [0, 0.05) is 30.8 Å². The second kappa shape index (κ2) is 11.9. The van der Waals surface area contributed by atoms with Crippen LogP contribution in [-0.2, 0) is 23.2 Å². The Morgan fingerprint density at radius 2 is 1.90 bits per heavy atom. The van der Waals surface area contributed by atoms with E-state index in [4.69, 9.17) is 9.47 Å². The van der Waals surface area contributed by atoms with E-state index in [0.29, 0.717) is 31.1 Å². The van der Waals surface area contributed by atoms with Crippen molar-refractivity contribution in [1.82, 2.24) is 30.1 Å². The topological polar surface area (TPSA) is 98.2 Å². The van der Waals surface area contributed by atoms with Crippen molar-refractivity contribution in [3.05, 3.63) is 81.4 Å². The second-order valence-electron chi connectivity index (χ2n) is 11.5. The molecule has 9 heteroatoms. The molecule has 4 aromatic rings. The number of pyridine rings is 1. The molecule has 2 atom stereocenters. The molecular formula is C31H40N6O3. The summed E-state index contributed by atoms with van der Waals surface area (Å²) in [5.41, 5.74) is 3.22. The molecule has 0 amide bonds. The highest BCUT2D eigenvalue weighted by atomic mass is 16.5. The summed E-state index contributed by atoms with van der Waals surface area (Å²) in [6.45, 7) is 12.9. The number of aromatic amines is 1. The maximum absolute atomic E-state index is 13.8. The van der Waals surface area contributed by atoms with Crippen LogP contribution in [0.5, 0.6) is 5.75 Å². The number of aryl methyl sites for hydroxylation is 1. The molecule has 1 aliphatic rings. The Labute approximate surface area is 235 Å². The van der Waals surface area contributed by atoms with E-state index in [0.717, 1.165) is 48.1 Å². The molecule has 2 aromatic heterocycles. The summed E-state index contributed by atoms with van der Waals surface area (Å²) in [5, 5.41) is 14.0. The lowest BCUT2D eigenvalue weighted by Gasteiger charge is -2.34. The van der Waals surface area contributed by atoms with Crippen molar-refractivity contribution in [3.63, 3.8) is 0 Å². The van der Waals surface area contributed by atoms with Crippen LogP contribution in [0, 0.1) is 0 Å². The van der Waals surface area contributed by atoms with Gasteiger partial charge in [-0.1, -0.05) is 25.1 Å². The lowest BCUT2D eigenvalue weighted by Crippen LogP contribution is -2.40. The Bertz CT molecular complexity index is 1480. The molecule has 1 aliphatic heterocycles. The number of hydrogen-bond acceptors (Lipinski definition) is 7. The number of aromatic nitrogens is 5. The minimum absolute atomic E-state index is 0.0652. The Morgan fingerprint density at radius 3 is 2.58 bits per heavy atom. The van der Waals surface area contributed by atoms with Crippen molar-refractivity contribution in [2.75, 3.05) is 19.8 Å². The van der Waals surface area contributed by atoms with Gasteiger partial charge in [-0.05, 0) is 104 Å². The molecule has 1 saturated heterocycles. The fourth-order valence-corrected chi connectivity index (χ4v) is 5.44. The molecule has 0 spiro atoms. The van der Waals surface area contributed by atoms with Crippen LogP contribution in [0.15, 0.2) is 53.3 Å². The van der Waals surface area contributed by atoms with Gasteiger partial charge in [0.1, 0.15) is 11.8 Å². The highest BCUT2D eigenvalue weighted by Crippen LogP contribution is 2.32. The third-order valence-electron chi connectivity index (χ3n) is 7.46. The lowest BCUT2D eigenvalue weighted by molar-refractivity contribution is 0.0564. The molecule has 5 rings (SSSR count). The first-order valence-electron chi connectivity index (χ1n) is 14.3. The van der Waals surface area contributed by atoms with E-state index in [1.54, 1.807) is 0 Å². The van der Waals surface area contributed by atoms with Crippen molar-refractivity contribution in [1.29, 1.82) is 0 Å². The first-order chi connectivity index (χ1) is 19.3. The standard InChI is InChI=1S/C31H40N6O3/c1-6-21-12-15-27-23(17-21)18-26(30(38)32-27)28(29-33-34-35-37(29)31(3,4)5)36(20-25-9-8-16-40-25)19-22-10-13-24(14-11-22)39-7-2/h10-15,17-18,25,28H,6-9,16,19-20H2,1-5H3,(H,32,38). The van der Waals surface area contributed by atoms with Crippen molar-refractivity contribution < 1.29 is 9.47 Å². The van der Waals surface area contributed by atoms with E-state index >= 15 is 0 Å². The first-order valence-corrected chi connectivity index (χ1v) is 14.3. The van der Waals surface area contributed by atoms with Crippen molar-refractivity contribution >= 4 is 10.9 Å². The third kappa shape index (κ3) is 6.10. The summed E-state index contributed by atoms with van der Waals surface area (Å²) in [6.07, 6.45) is 2.99. The van der Waals surface area contributed by atoms with Gasteiger partial charge in [0.05, 0.1) is 18.2 Å². The zero-order chi connectivity index (χ0) is 28.3. The van der Waals surface area contributed by atoms with Crippen LogP contribution in [0.25, 0.3) is 10.9 Å². The average Bonchev–Trinajstić information content (AvgIpc) is 3.63. The van der Waals surface area contributed by atoms with Crippen LogP contribution >= 0.6 is 0 Å². The van der Waals surface area contributed by atoms with Crippen LogP contribution in [0.4, 0.5) is 0 Å². The van der Waals surface area contributed by atoms with Gasteiger partial charge in [-0.25, -0.2) is 4.68 Å². The second-order valence-corrected chi connectivity index (χ2v) is 11.5. The molecule has 0 radical (unpaired) electrons. The highest BCUT2D eigenvalue weighted by Gasteiger charge is 2.35. The molecule has 3 heterocycles. The Kier molecular flexibility index (Phi) is 8.32. The number of ether oxygens (including phenoxy) is 2. The maximum atomic E-state index is 13.8. The van der Waals surface area contributed by atoms with E-state index in [2.05, 4.69) is 77.4 Å². The van der Waals surface area contributed by atoms with Gasteiger partial charge in [0.25, 0.3) is 5.56 Å². The number of rotatable bonds is 10. The number of benzene rings is 2. The fourth-order valence-electron chi connectivity index (χ4n) is 5.44. The van der Waals surface area contributed by atoms with Crippen molar-refractivity contribution in [2.45, 2.75) is 78.1 Å². The number of fused-ring (bicyclic) bond motifs is 1. The van der Waals surface area contributed by atoms with Gasteiger partial charge in [-0.3, -0.25) is 9.69 Å². The summed E-state index contributed by atoms with van der Waals surface area (Å²) in [5.74, 6) is 1.47. The third-order valence-corrected chi connectivity index (χ3v) is 7.46. The molecule has 212 valence electrons. The van der Waals surface area contributed by atoms with Crippen LogP contribution in [-0.4, -0.2) is 56.0 Å². The number of hydrogen-bond donors (Lipinski definition) is 1. The summed E-state index contributed by atoms with van der Waals surface area (Å²) in [6, 6.07) is 15.9. The van der Waals surface area contributed by atoms with E-state index < -0.39 is 6.04 Å². The smallest absolute Gasteiger partial charge is 0.253 e. The number of tetrazole rings is 1. The van der Waals surface area contributed by atoms with E-state index in [1.807, 2.05) is 35.9 Å². The van der Waals surface area contributed by atoms with Crippen LogP contribution in [0.2, 0.25) is 0 Å². The lowest BCUT2D eigenvalue weighted by atomic mass is 9.99. The normalized spacial score (nSPS) is 16.6. The van der Waals surface area contributed by atoms with E-state index in [1.165, 1.54) is 5.56 Å². The minimum atomic E-state index is -0.497. The summed E-state index contributed by atoms with van der Waals surface area (Å²) >= 11 is 0. The summed E-state index contributed by atoms with van der Waals surface area (Å²) in [4.78, 5) is 19.2.